The van der Waals surface area contributed by atoms with Crippen LogP contribution in [0.25, 0.3) is 0 Å². The van der Waals surface area contributed by atoms with Gasteiger partial charge in [0.1, 0.15) is 0 Å². The summed E-state index contributed by atoms with van der Waals surface area (Å²) in [6.45, 7) is 4.57. The van der Waals surface area contributed by atoms with Crippen molar-refractivity contribution in [2.24, 2.45) is 0 Å². The molecule has 1 saturated heterocycles. The molecule has 1 amide bonds. The summed E-state index contributed by atoms with van der Waals surface area (Å²) in [7, 11) is 0. The van der Waals surface area contributed by atoms with E-state index in [1.807, 2.05) is 6.92 Å². The average molecular weight is 291 g/mol. The number of hydrogen-bond acceptors (Lipinski definition) is 4. The Morgan fingerprint density at radius 3 is 2.76 bits per heavy atom. The van der Waals surface area contributed by atoms with Gasteiger partial charge in [-0.3, -0.25) is 4.79 Å². The SMILES string of the molecule is Cc1nc(C)c(C(=O)NC2CCNC3(CCCCC3)C2)o1. The molecule has 3 rings (SSSR count). The van der Waals surface area contributed by atoms with E-state index in [0.717, 1.165) is 19.4 Å². The first-order valence-electron chi connectivity index (χ1n) is 8.08. The third-order valence-electron chi connectivity index (χ3n) is 4.89. The summed E-state index contributed by atoms with van der Waals surface area (Å²) in [5.41, 5.74) is 0.923. The Balaban J connectivity index is 1.64. The first kappa shape index (κ1) is 14.6. The van der Waals surface area contributed by atoms with Gasteiger partial charge in [0.2, 0.25) is 5.76 Å². The minimum absolute atomic E-state index is 0.119. The first-order valence-corrected chi connectivity index (χ1v) is 8.08. The zero-order valence-corrected chi connectivity index (χ0v) is 13.0. The molecule has 2 aliphatic rings. The van der Waals surface area contributed by atoms with Gasteiger partial charge in [-0.05, 0) is 39.2 Å². The Hall–Kier alpha value is -1.36. The summed E-state index contributed by atoms with van der Waals surface area (Å²) < 4.78 is 5.42. The third kappa shape index (κ3) is 3.12. The van der Waals surface area contributed by atoms with Crippen LogP contribution in [0.1, 0.15) is 67.1 Å². The summed E-state index contributed by atoms with van der Waals surface area (Å²) in [6.07, 6.45) is 8.43. The lowest BCUT2D eigenvalue weighted by molar-refractivity contribution is 0.0863. The minimum atomic E-state index is -0.119. The van der Waals surface area contributed by atoms with Crippen LogP contribution in [0.2, 0.25) is 0 Å². The molecular weight excluding hydrogens is 266 g/mol. The zero-order valence-electron chi connectivity index (χ0n) is 13.0. The number of carbonyl (C=O) groups is 1. The van der Waals surface area contributed by atoms with Gasteiger partial charge in [-0.1, -0.05) is 19.3 Å². The molecule has 1 spiro atoms. The monoisotopic (exact) mass is 291 g/mol. The van der Waals surface area contributed by atoms with Crippen LogP contribution in [-0.2, 0) is 0 Å². The normalized spacial score (nSPS) is 25.0. The Morgan fingerprint density at radius 2 is 2.10 bits per heavy atom. The van der Waals surface area contributed by atoms with Gasteiger partial charge in [0.05, 0.1) is 5.69 Å². The van der Waals surface area contributed by atoms with E-state index >= 15 is 0 Å². The third-order valence-corrected chi connectivity index (χ3v) is 4.89. The molecule has 1 aliphatic carbocycles. The fourth-order valence-corrected chi connectivity index (χ4v) is 3.88. The smallest absolute Gasteiger partial charge is 0.289 e. The molecule has 1 saturated carbocycles. The fourth-order valence-electron chi connectivity index (χ4n) is 3.88. The van der Waals surface area contributed by atoms with E-state index in [1.54, 1.807) is 6.92 Å². The number of rotatable bonds is 2. The van der Waals surface area contributed by atoms with E-state index in [4.69, 9.17) is 4.42 Å². The van der Waals surface area contributed by atoms with Crippen molar-refractivity contribution in [2.45, 2.75) is 70.4 Å². The van der Waals surface area contributed by atoms with Gasteiger partial charge in [-0.2, -0.15) is 0 Å². The Bertz CT molecular complexity index is 512. The number of nitrogens with zero attached hydrogens (tertiary/aromatic N) is 1. The standard InChI is InChI=1S/C16H25N3O2/c1-11-14(21-12(2)18-11)15(20)19-13-6-9-17-16(10-13)7-4-3-5-8-16/h13,17H,3-10H2,1-2H3,(H,19,20). The molecule has 1 unspecified atom stereocenters. The molecule has 1 atom stereocenters. The first-order chi connectivity index (χ1) is 10.1. The van der Waals surface area contributed by atoms with Gasteiger partial charge in [0.15, 0.2) is 5.89 Å². The van der Waals surface area contributed by atoms with Gasteiger partial charge < -0.3 is 15.1 Å². The lowest BCUT2D eigenvalue weighted by atomic mass is 9.75. The van der Waals surface area contributed by atoms with Crippen molar-refractivity contribution in [1.29, 1.82) is 0 Å². The van der Waals surface area contributed by atoms with Gasteiger partial charge in [-0.25, -0.2) is 4.98 Å². The maximum absolute atomic E-state index is 12.4. The van der Waals surface area contributed by atoms with Gasteiger partial charge in [0, 0.05) is 18.5 Å². The summed E-state index contributed by atoms with van der Waals surface area (Å²) in [4.78, 5) is 16.5. The van der Waals surface area contributed by atoms with E-state index in [0.29, 0.717) is 17.3 Å². The summed E-state index contributed by atoms with van der Waals surface area (Å²) in [5.74, 6) is 0.793. The van der Waals surface area contributed by atoms with E-state index in [9.17, 15) is 4.79 Å². The lowest BCUT2D eigenvalue weighted by Crippen LogP contribution is -2.57. The summed E-state index contributed by atoms with van der Waals surface area (Å²) >= 11 is 0. The number of carbonyl (C=O) groups excluding carboxylic acids is 1. The topological polar surface area (TPSA) is 67.2 Å². The molecule has 2 heterocycles. The van der Waals surface area contributed by atoms with E-state index in [-0.39, 0.29) is 17.5 Å². The molecule has 1 aromatic heterocycles. The van der Waals surface area contributed by atoms with Crippen LogP contribution in [0.5, 0.6) is 0 Å². The van der Waals surface area contributed by atoms with Crippen LogP contribution in [0.4, 0.5) is 0 Å². The highest BCUT2D eigenvalue weighted by Crippen LogP contribution is 2.34. The van der Waals surface area contributed by atoms with Crippen LogP contribution in [0.3, 0.4) is 0 Å². The van der Waals surface area contributed by atoms with Crippen LogP contribution in [0.15, 0.2) is 4.42 Å². The second-order valence-corrected chi connectivity index (χ2v) is 6.58. The number of piperidine rings is 1. The number of amides is 1. The van der Waals surface area contributed by atoms with Crippen LogP contribution in [-0.4, -0.2) is 29.0 Å². The highest BCUT2D eigenvalue weighted by molar-refractivity contribution is 5.92. The molecule has 0 radical (unpaired) electrons. The van der Waals surface area contributed by atoms with E-state index in [1.165, 1.54) is 32.1 Å². The van der Waals surface area contributed by atoms with Crippen molar-refractivity contribution in [3.05, 3.63) is 17.3 Å². The van der Waals surface area contributed by atoms with E-state index < -0.39 is 0 Å². The molecular formula is C16H25N3O2. The second kappa shape index (κ2) is 5.79. The maximum Gasteiger partial charge on any atom is 0.289 e. The van der Waals surface area contributed by atoms with Crippen molar-refractivity contribution in [3.63, 3.8) is 0 Å². The number of aromatic nitrogens is 1. The number of hydrogen-bond donors (Lipinski definition) is 2. The highest BCUT2D eigenvalue weighted by Gasteiger charge is 2.37. The minimum Gasteiger partial charge on any atom is -0.436 e. The Morgan fingerprint density at radius 1 is 1.33 bits per heavy atom. The van der Waals surface area contributed by atoms with Crippen molar-refractivity contribution >= 4 is 5.91 Å². The van der Waals surface area contributed by atoms with Gasteiger partial charge >= 0.3 is 0 Å². The molecule has 1 aromatic rings. The van der Waals surface area contributed by atoms with Gasteiger partial charge in [0.25, 0.3) is 5.91 Å². The molecule has 21 heavy (non-hydrogen) atoms. The average Bonchev–Trinajstić information content (AvgIpc) is 2.79. The largest absolute Gasteiger partial charge is 0.436 e. The molecule has 1 aliphatic heterocycles. The van der Waals surface area contributed by atoms with E-state index in [2.05, 4.69) is 15.6 Å². The molecule has 0 aromatic carbocycles. The summed E-state index contributed by atoms with van der Waals surface area (Å²) in [6, 6.07) is 0.238. The zero-order chi connectivity index (χ0) is 14.9. The quantitative estimate of drug-likeness (QED) is 0.878. The molecule has 5 nitrogen and oxygen atoms in total. The maximum atomic E-state index is 12.4. The number of nitrogens with one attached hydrogen (secondary N) is 2. The van der Waals surface area contributed by atoms with Crippen LogP contribution >= 0.6 is 0 Å². The molecule has 2 N–H and O–H groups in total. The second-order valence-electron chi connectivity index (χ2n) is 6.58. The van der Waals surface area contributed by atoms with Crippen molar-refractivity contribution in [2.75, 3.05) is 6.54 Å². The van der Waals surface area contributed by atoms with Crippen molar-refractivity contribution < 1.29 is 9.21 Å². The molecule has 116 valence electrons. The highest BCUT2D eigenvalue weighted by atomic mass is 16.4. The predicted molar refractivity (Wildman–Crippen MR) is 80.3 cm³/mol. The van der Waals surface area contributed by atoms with Crippen molar-refractivity contribution in [1.82, 2.24) is 15.6 Å². The van der Waals surface area contributed by atoms with Crippen LogP contribution in [0, 0.1) is 13.8 Å². The Kier molecular flexibility index (Phi) is 4.02. The van der Waals surface area contributed by atoms with Gasteiger partial charge in [-0.15, -0.1) is 0 Å². The summed E-state index contributed by atoms with van der Waals surface area (Å²) in [5, 5.41) is 6.85. The lowest BCUT2D eigenvalue weighted by Gasteiger charge is -2.44. The number of aryl methyl sites for hydroxylation is 2. The van der Waals surface area contributed by atoms with Crippen molar-refractivity contribution in [3.8, 4) is 0 Å². The number of oxazole rings is 1. The predicted octanol–water partition coefficient (Wildman–Crippen LogP) is 2.48. The Labute approximate surface area is 125 Å². The van der Waals surface area contributed by atoms with Crippen LogP contribution < -0.4 is 10.6 Å². The fraction of sp³-hybridized carbons (Fsp3) is 0.750. The molecule has 0 bridgehead atoms. The molecule has 5 heteroatoms. The molecule has 2 fully saturated rings.